The second-order valence-electron chi connectivity index (χ2n) is 8.49. The summed E-state index contributed by atoms with van der Waals surface area (Å²) in [7, 11) is -3.66. The van der Waals surface area contributed by atoms with Crippen LogP contribution in [0.3, 0.4) is 0 Å². The highest BCUT2D eigenvalue weighted by Gasteiger charge is 2.22. The lowest BCUT2D eigenvalue weighted by Crippen LogP contribution is -2.46. The summed E-state index contributed by atoms with van der Waals surface area (Å²) in [6.45, 7) is 5.01. The number of hydrogen-bond acceptors (Lipinski definition) is 6. The van der Waals surface area contributed by atoms with Crippen molar-refractivity contribution in [2.45, 2.75) is 11.3 Å². The van der Waals surface area contributed by atoms with Crippen LogP contribution in [0, 0.1) is 5.95 Å². The molecule has 0 saturated carbocycles. The minimum atomic E-state index is -3.66. The van der Waals surface area contributed by atoms with E-state index in [1.165, 1.54) is 16.2 Å². The molecule has 2 aromatic heterocycles. The quantitative estimate of drug-likeness (QED) is 0.272. The number of pyridine rings is 1. The average Bonchev–Trinajstić information content (AvgIpc) is 3.34. The topological polar surface area (TPSA) is 67.7 Å². The van der Waals surface area contributed by atoms with Gasteiger partial charge < -0.3 is 9.64 Å². The maximum Gasteiger partial charge on any atom is 0.268 e. The second kappa shape index (κ2) is 10.1. The molecule has 0 N–H and O–H groups in total. The summed E-state index contributed by atoms with van der Waals surface area (Å²) >= 11 is 0. The molecule has 0 amide bonds. The van der Waals surface area contributed by atoms with E-state index in [9.17, 15) is 12.8 Å². The number of hydrogen-bond donors (Lipinski definition) is 0. The van der Waals surface area contributed by atoms with E-state index in [0.717, 1.165) is 50.2 Å². The molecule has 0 unspecified atom stereocenters. The number of benzene rings is 2. The van der Waals surface area contributed by atoms with Crippen LogP contribution in [-0.4, -0.2) is 61.6 Å². The van der Waals surface area contributed by atoms with Crippen LogP contribution in [-0.2, 0) is 10.0 Å². The third kappa shape index (κ3) is 5.01. The third-order valence-corrected chi connectivity index (χ3v) is 7.98. The van der Waals surface area contributed by atoms with Gasteiger partial charge in [-0.25, -0.2) is 17.4 Å². The minimum Gasteiger partial charge on any atom is -0.492 e. The summed E-state index contributed by atoms with van der Waals surface area (Å²) in [4.78, 5) is 8.58. The number of fused-ring (bicyclic) bond motifs is 1. The van der Waals surface area contributed by atoms with E-state index >= 15 is 0 Å². The van der Waals surface area contributed by atoms with Crippen LogP contribution in [0.4, 0.5) is 10.1 Å². The first kappa shape index (κ1) is 23.3. The monoisotopic (exact) mass is 494 g/mol. The van der Waals surface area contributed by atoms with E-state index in [2.05, 4.69) is 20.9 Å². The molecule has 0 atom stereocenters. The highest BCUT2D eigenvalue weighted by atomic mass is 32.2. The number of aromatic nitrogens is 2. The first-order chi connectivity index (χ1) is 17.0. The van der Waals surface area contributed by atoms with E-state index < -0.39 is 16.0 Å². The normalized spacial score (nSPS) is 14.9. The van der Waals surface area contributed by atoms with Gasteiger partial charge in [0, 0.05) is 50.0 Å². The maximum absolute atomic E-state index is 13.2. The fourth-order valence-electron chi connectivity index (χ4n) is 4.46. The van der Waals surface area contributed by atoms with E-state index in [4.69, 9.17) is 4.74 Å². The molecular formula is C26H27FN4O3S. The first-order valence-electron chi connectivity index (χ1n) is 11.6. The third-order valence-electron chi connectivity index (χ3n) is 6.27. The molecule has 182 valence electrons. The lowest BCUT2D eigenvalue weighted by atomic mass is 10.1. The molecule has 5 rings (SSSR count). The molecule has 1 saturated heterocycles. The fourth-order valence-corrected chi connectivity index (χ4v) is 5.82. The zero-order chi connectivity index (χ0) is 24.3. The van der Waals surface area contributed by atoms with Gasteiger partial charge in [-0.15, -0.1) is 0 Å². The van der Waals surface area contributed by atoms with Crippen molar-refractivity contribution in [2.24, 2.45) is 0 Å². The predicted molar refractivity (Wildman–Crippen MR) is 134 cm³/mol. The Hall–Kier alpha value is -3.43. The number of halogens is 1. The van der Waals surface area contributed by atoms with Crippen molar-refractivity contribution >= 4 is 26.6 Å². The standard InChI is InChI=1S/C26H27FN4O3S/c27-26-11-10-21(20-28-26)34-19-5-13-29-15-17-30(18-16-29)24-8-4-9-25-23(24)12-14-31(25)35(32,33)22-6-2-1-3-7-22/h1-4,6-12,14,20H,5,13,15-19H2. The molecule has 0 spiro atoms. The van der Waals surface area contributed by atoms with Gasteiger partial charge in [-0.1, -0.05) is 24.3 Å². The van der Waals surface area contributed by atoms with Gasteiger partial charge in [0.25, 0.3) is 10.0 Å². The Morgan fingerprint density at radius 2 is 1.71 bits per heavy atom. The zero-order valence-corrected chi connectivity index (χ0v) is 20.1. The zero-order valence-electron chi connectivity index (χ0n) is 19.3. The highest BCUT2D eigenvalue weighted by molar-refractivity contribution is 7.90. The molecule has 3 heterocycles. The van der Waals surface area contributed by atoms with Crippen LogP contribution < -0.4 is 9.64 Å². The Morgan fingerprint density at radius 1 is 0.914 bits per heavy atom. The molecule has 4 aromatic rings. The molecule has 0 bridgehead atoms. The highest BCUT2D eigenvalue weighted by Crippen LogP contribution is 2.30. The van der Waals surface area contributed by atoms with Crippen LogP contribution >= 0.6 is 0 Å². The Bertz CT molecular complexity index is 1380. The van der Waals surface area contributed by atoms with E-state index in [-0.39, 0.29) is 4.90 Å². The number of piperazine rings is 1. The van der Waals surface area contributed by atoms with Crippen molar-refractivity contribution in [3.05, 3.63) is 85.1 Å². The van der Waals surface area contributed by atoms with Gasteiger partial charge >= 0.3 is 0 Å². The Morgan fingerprint density at radius 3 is 2.46 bits per heavy atom. The molecule has 0 aliphatic carbocycles. The summed E-state index contributed by atoms with van der Waals surface area (Å²) in [5.74, 6) is 0.0610. The maximum atomic E-state index is 13.2. The summed E-state index contributed by atoms with van der Waals surface area (Å²) < 4.78 is 46.2. The van der Waals surface area contributed by atoms with Crippen molar-refractivity contribution < 1.29 is 17.5 Å². The van der Waals surface area contributed by atoms with Gasteiger partial charge in [-0.2, -0.15) is 4.39 Å². The number of anilines is 1. The van der Waals surface area contributed by atoms with Gasteiger partial charge in [0.2, 0.25) is 5.95 Å². The van der Waals surface area contributed by atoms with E-state index in [1.807, 2.05) is 18.2 Å². The average molecular weight is 495 g/mol. The van der Waals surface area contributed by atoms with Crippen molar-refractivity contribution in [1.82, 2.24) is 13.9 Å². The molecule has 35 heavy (non-hydrogen) atoms. The minimum absolute atomic E-state index is 0.274. The van der Waals surface area contributed by atoms with Gasteiger partial charge in [-0.05, 0) is 48.9 Å². The van der Waals surface area contributed by atoms with Crippen LogP contribution in [0.5, 0.6) is 5.75 Å². The van der Waals surface area contributed by atoms with Crippen molar-refractivity contribution in [3.63, 3.8) is 0 Å². The Balaban J connectivity index is 1.21. The van der Waals surface area contributed by atoms with Gasteiger partial charge in [0.05, 0.1) is 23.2 Å². The number of rotatable bonds is 8. The number of ether oxygens (including phenoxy) is 1. The summed E-state index contributed by atoms with van der Waals surface area (Å²) in [5, 5.41) is 0.932. The molecule has 1 fully saturated rings. The molecule has 1 aliphatic rings. The van der Waals surface area contributed by atoms with Gasteiger partial charge in [-0.3, -0.25) is 4.90 Å². The summed E-state index contributed by atoms with van der Waals surface area (Å²) in [6.07, 6.45) is 3.91. The first-order valence-corrected chi connectivity index (χ1v) is 13.1. The number of nitrogens with zero attached hydrogens (tertiary/aromatic N) is 4. The molecule has 1 aliphatic heterocycles. The molecule has 0 radical (unpaired) electrons. The van der Waals surface area contributed by atoms with Crippen molar-refractivity contribution in [1.29, 1.82) is 0 Å². The van der Waals surface area contributed by atoms with Gasteiger partial charge in [0.1, 0.15) is 5.75 Å². The van der Waals surface area contributed by atoms with Crippen molar-refractivity contribution in [2.75, 3.05) is 44.2 Å². The molecule has 2 aromatic carbocycles. The Kier molecular flexibility index (Phi) is 6.70. The predicted octanol–water partition coefficient (Wildman–Crippen LogP) is 4.00. The molecule has 7 nitrogen and oxygen atoms in total. The van der Waals surface area contributed by atoms with Crippen LogP contribution in [0.25, 0.3) is 10.9 Å². The van der Waals surface area contributed by atoms with E-state index in [1.54, 1.807) is 42.6 Å². The van der Waals surface area contributed by atoms with Crippen LogP contribution in [0.1, 0.15) is 6.42 Å². The van der Waals surface area contributed by atoms with Gasteiger partial charge in [0.15, 0.2) is 0 Å². The van der Waals surface area contributed by atoms with E-state index in [0.29, 0.717) is 17.9 Å². The lowest BCUT2D eigenvalue weighted by Gasteiger charge is -2.36. The SMILES string of the molecule is O=S(=O)(c1ccccc1)n1ccc2c(N3CCN(CCCOc4ccc(F)nc4)CC3)cccc21. The summed E-state index contributed by atoms with van der Waals surface area (Å²) in [6, 6.07) is 19.1. The summed E-state index contributed by atoms with van der Waals surface area (Å²) in [5.41, 5.74) is 1.73. The Labute approximate surface area is 204 Å². The van der Waals surface area contributed by atoms with Crippen molar-refractivity contribution in [3.8, 4) is 5.75 Å². The molecule has 9 heteroatoms. The lowest BCUT2D eigenvalue weighted by molar-refractivity contribution is 0.224. The second-order valence-corrected chi connectivity index (χ2v) is 10.3. The molecular weight excluding hydrogens is 467 g/mol. The fraction of sp³-hybridized carbons (Fsp3) is 0.269. The smallest absolute Gasteiger partial charge is 0.268 e. The largest absolute Gasteiger partial charge is 0.492 e. The van der Waals surface area contributed by atoms with Crippen LogP contribution in [0.15, 0.2) is 84.0 Å². The van der Waals surface area contributed by atoms with Crippen LogP contribution in [0.2, 0.25) is 0 Å².